The summed E-state index contributed by atoms with van der Waals surface area (Å²) >= 11 is 6.02. The van der Waals surface area contributed by atoms with E-state index in [1.165, 1.54) is 0 Å². The van der Waals surface area contributed by atoms with Crippen molar-refractivity contribution in [2.45, 2.75) is 32.7 Å². The second kappa shape index (κ2) is 4.71. The topological polar surface area (TPSA) is 56.7 Å². The Bertz CT molecular complexity index is 554. The van der Waals surface area contributed by atoms with Gasteiger partial charge in [-0.05, 0) is 18.2 Å². The van der Waals surface area contributed by atoms with Crippen LogP contribution in [0.2, 0.25) is 5.02 Å². The highest BCUT2D eigenvalue weighted by Crippen LogP contribution is 2.27. The van der Waals surface area contributed by atoms with E-state index in [2.05, 4.69) is 31.1 Å². The van der Waals surface area contributed by atoms with Crippen LogP contribution in [-0.2, 0) is 12.0 Å². The fourth-order valence-electron chi connectivity index (χ4n) is 1.99. The van der Waals surface area contributed by atoms with Crippen LogP contribution in [-0.4, -0.2) is 15.0 Å². The zero-order valence-corrected chi connectivity index (χ0v) is 11.6. The third-order valence-corrected chi connectivity index (χ3v) is 2.93. The molecule has 0 aliphatic carbocycles. The molecule has 0 radical (unpaired) electrons. The minimum atomic E-state index is -0.0828. The van der Waals surface area contributed by atoms with Gasteiger partial charge in [0.05, 0.1) is 11.4 Å². The van der Waals surface area contributed by atoms with Crippen LogP contribution in [0.4, 0.5) is 0 Å². The lowest BCUT2D eigenvalue weighted by molar-refractivity contribution is 0.537. The smallest absolute Gasteiger partial charge is 0.100 e. The molecule has 2 rings (SSSR count). The molecule has 0 atom stereocenters. The molecule has 1 aromatic heterocycles. The van der Waals surface area contributed by atoms with Crippen LogP contribution in [0.1, 0.15) is 32.2 Å². The lowest BCUT2D eigenvalue weighted by atomic mass is 9.90. The lowest BCUT2D eigenvalue weighted by Gasteiger charge is -2.21. The second-order valence-electron chi connectivity index (χ2n) is 5.23. The van der Waals surface area contributed by atoms with Gasteiger partial charge >= 0.3 is 0 Å². The molecule has 0 saturated carbocycles. The number of aromatic nitrogens is 3. The Balaban J connectivity index is 2.62. The average molecular weight is 265 g/mol. The number of nitrogens with two attached hydrogens (primary N) is 1. The average Bonchev–Trinajstić information content (AvgIpc) is 2.72. The number of rotatable bonds is 2. The molecule has 0 saturated heterocycles. The van der Waals surface area contributed by atoms with Crippen LogP contribution in [0.3, 0.4) is 0 Å². The molecule has 0 spiro atoms. The first-order chi connectivity index (χ1) is 8.43. The van der Waals surface area contributed by atoms with Crippen molar-refractivity contribution in [3.63, 3.8) is 0 Å². The van der Waals surface area contributed by atoms with Crippen molar-refractivity contribution in [3.05, 3.63) is 40.7 Å². The Hall–Kier alpha value is -1.39. The Kier molecular flexibility index (Phi) is 3.41. The zero-order chi connectivity index (χ0) is 13.3. The van der Waals surface area contributed by atoms with Gasteiger partial charge in [0.15, 0.2) is 0 Å². The van der Waals surface area contributed by atoms with E-state index in [9.17, 15) is 0 Å². The van der Waals surface area contributed by atoms with Gasteiger partial charge in [-0.3, -0.25) is 0 Å². The summed E-state index contributed by atoms with van der Waals surface area (Å²) in [6.45, 7) is 6.73. The third-order valence-electron chi connectivity index (χ3n) is 2.70. The first-order valence-corrected chi connectivity index (χ1v) is 6.22. The fourth-order valence-corrected chi connectivity index (χ4v) is 2.17. The van der Waals surface area contributed by atoms with E-state index >= 15 is 0 Å². The molecule has 1 heterocycles. The summed E-state index contributed by atoms with van der Waals surface area (Å²) in [5.74, 6) is 0. The molecule has 0 unspecified atom stereocenters. The summed E-state index contributed by atoms with van der Waals surface area (Å²) in [5, 5.41) is 9.02. The van der Waals surface area contributed by atoms with E-state index in [1.807, 2.05) is 28.9 Å². The highest BCUT2D eigenvalue weighted by Gasteiger charge is 2.25. The number of benzene rings is 1. The number of hydrogen-bond acceptors (Lipinski definition) is 3. The van der Waals surface area contributed by atoms with Gasteiger partial charge in [-0.2, -0.15) is 0 Å². The summed E-state index contributed by atoms with van der Waals surface area (Å²) in [6.07, 6.45) is 0. The van der Waals surface area contributed by atoms with Crippen LogP contribution in [0.15, 0.2) is 24.3 Å². The van der Waals surface area contributed by atoms with Gasteiger partial charge in [0.25, 0.3) is 0 Å². The molecule has 0 aliphatic rings. The summed E-state index contributed by atoms with van der Waals surface area (Å²) in [4.78, 5) is 0. The molecular weight excluding hydrogens is 248 g/mol. The van der Waals surface area contributed by atoms with Crippen molar-refractivity contribution >= 4 is 11.6 Å². The van der Waals surface area contributed by atoms with Crippen LogP contribution in [0.5, 0.6) is 0 Å². The molecule has 2 N–H and O–H groups in total. The van der Waals surface area contributed by atoms with E-state index in [4.69, 9.17) is 17.3 Å². The van der Waals surface area contributed by atoms with Crippen LogP contribution < -0.4 is 5.73 Å². The summed E-state index contributed by atoms with van der Waals surface area (Å²) in [5.41, 5.74) is 8.39. The molecule has 2 aromatic rings. The summed E-state index contributed by atoms with van der Waals surface area (Å²) in [7, 11) is 0. The fraction of sp³-hybridized carbons (Fsp3) is 0.385. The molecule has 4 nitrogen and oxygen atoms in total. The number of halogens is 1. The van der Waals surface area contributed by atoms with Crippen molar-refractivity contribution < 1.29 is 0 Å². The molecule has 0 bridgehead atoms. The van der Waals surface area contributed by atoms with Crippen LogP contribution >= 0.6 is 11.6 Å². The highest BCUT2D eigenvalue weighted by atomic mass is 35.5. The van der Waals surface area contributed by atoms with Gasteiger partial charge in [0.2, 0.25) is 0 Å². The van der Waals surface area contributed by atoms with Crippen molar-refractivity contribution in [2.75, 3.05) is 0 Å². The quantitative estimate of drug-likeness (QED) is 0.907. The van der Waals surface area contributed by atoms with Crippen LogP contribution in [0.25, 0.3) is 5.69 Å². The van der Waals surface area contributed by atoms with Crippen molar-refractivity contribution in [2.24, 2.45) is 5.73 Å². The Morgan fingerprint density at radius 2 is 2.06 bits per heavy atom. The maximum Gasteiger partial charge on any atom is 0.100 e. The monoisotopic (exact) mass is 264 g/mol. The predicted molar refractivity (Wildman–Crippen MR) is 73.0 cm³/mol. The molecule has 0 amide bonds. The first kappa shape index (κ1) is 13.1. The van der Waals surface area contributed by atoms with Gasteiger partial charge in [0.1, 0.15) is 5.69 Å². The molecule has 5 heteroatoms. The molecule has 0 fully saturated rings. The van der Waals surface area contributed by atoms with Gasteiger partial charge in [-0.15, -0.1) is 5.10 Å². The summed E-state index contributed by atoms with van der Waals surface area (Å²) in [6, 6.07) is 7.55. The molecule has 96 valence electrons. The standard InChI is InChI=1S/C13H17ClN4/c1-13(2,3)12-11(8-15)16-17-18(12)10-6-4-5-9(14)7-10/h4-7H,8,15H2,1-3H3. The van der Waals surface area contributed by atoms with Crippen molar-refractivity contribution in [1.29, 1.82) is 0 Å². The van der Waals surface area contributed by atoms with E-state index in [1.54, 1.807) is 0 Å². The van der Waals surface area contributed by atoms with E-state index in [0.29, 0.717) is 11.6 Å². The SMILES string of the molecule is CC(C)(C)c1c(CN)nnn1-c1cccc(Cl)c1. The van der Waals surface area contributed by atoms with E-state index in [-0.39, 0.29) is 5.41 Å². The normalized spacial score (nSPS) is 11.8. The minimum Gasteiger partial charge on any atom is -0.325 e. The number of nitrogens with zero attached hydrogens (tertiary/aromatic N) is 3. The maximum atomic E-state index is 6.02. The molecule has 0 aliphatic heterocycles. The van der Waals surface area contributed by atoms with Gasteiger partial charge in [-0.1, -0.05) is 43.7 Å². The minimum absolute atomic E-state index is 0.0828. The van der Waals surface area contributed by atoms with Crippen molar-refractivity contribution in [1.82, 2.24) is 15.0 Å². The van der Waals surface area contributed by atoms with Crippen molar-refractivity contribution in [3.8, 4) is 5.69 Å². The van der Waals surface area contributed by atoms with Gasteiger partial charge in [0, 0.05) is 17.0 Å². The zero-order valence-electron chi connectivity index (χ0n) is 10.8. The Morgan fingerprint density at radius 1 is 1.33 bits per heavy atom. The Morgan fingerprint density at radius 3 is 2.61 bits per heavy atom. The third kappa shape index (κ3) is 2.40. The van der Waals surface area contributed by atoms with E-state index in [0.717, 1.165) is 17.1 Å². The largest absolute Gasteiger partial charge is 0.325 e. The van der Waals surface area contributed by atoms with Crippen LogP contribution in [0, 0.1) is 0 Å². The number of hydrogen-bond donors (Lipinski definition) is 1. The molecular formula is C13H17ClN4. The predicted octanol–water partition coefficient (Wildman–Crippen LogP) is 2.68. The molecule has 18 heavy (non-hydrogen) atoms. The first-order valence-electron chi connectivity index (χ1n) is 5.84. The van der Waals surface area contributed by atoms with E-state index < -0.39 is 0 Å². The Labute approximate surface area is 112 Å². The van der Waals surface area contributed by atoms with Gasteiger partial charge < -0.3 is 5.73 Å². The summed E-state index contributed by atoms with van der Waals surface area (Å²) < 4.78 is 1.81. The highest BCUT2D eigenvalue weighted by molar-refractivity contribution is 6.30. The maximum absolute atomic E-state index is 6.02. The lowest BCUT2D eigenvalue weighted by Crippen LogP contribution is -2.20. The van der Waals surface area contributed by atoms with Gasteiger partial charge in [-0.25, -0.2) is 4.68 Å². The second-order valence-corrected chi connectivity index (χ2v) is 5.67. The molecule has 1 aromatic carbocycles.